The fraction of sp³-hybridized carbons (Fsp3) is 0.200. The molecule has 1 aromatic carbocycles. The van der Waals surface area contributed by atoms with Gasteiger partial charge in [-0.25, -0.2) is 4.79 Å². The Kier molecular flexibility index (Phi) is 3.80. The third-order valence-electron chi connectivity index (χ3n) is 2.72. The summed E-state index contributed by atoms with van der Waals surface area (Å²) in [4.78, 5) is 11.3. The lowest BCUT2D eigenvalue weighted by Gasteiger charge is -2.05. The minimum absolute atomic E-state index is 0.333. The van der Waals surface area contributed by atoms with E-state index in [4.69, 9.17) is 4.74 Å². The lowest BCUT2D eigenvalue weighted by molar-refractivity contribution is -0.577. The van der Waals surface area contributed by atoms with Crippen LogP contribution in [0.15, 0.2) is 36.5 Å². The van der Waals surface area contributed by atoms with Crippen LogP contribution in [0.2, 0.25) is 0 Å². The normalized spacial score (nSPS) is 11.1. The third kappa shape index (κ3) is 2.91. The number of aromatic nitrogens is 1. The summed E-state index contributed by atoms with van der Waals surface area (Å²) in [6, 6.07) is 7.38. The van der Waals surface area contributed by atoms with Crippen molar-refractivity contribution >= 4 is 22.9 Å². The standard InChI is InChI=1S/C15H15NO3/c1-3-19-14(17)7-6-13-10-11(2)9-12-5-4-8-16(18)15(12)13/h4-10H,3H2,1-2H3/b7-6+. The third-order valence-corrected chi connectivity index (χ3v) is 2.72. The van der Waals surface area contributed by atoms with E-state index in [1.165, 1.54) is 12.3 Å². The average Bonchev–Trinajstić information content (AvgIpc) is 2.36. The molecule has 2 rings (SSSR count). The average molecular weight is 257 g/mol. The van der Waals surface area contributed by atoms with Crippen molar-refractivity contribution in [3.8, 4) is 0 Å². The van der Waals surface area contributed by atoms with Crippen LogP contribution in [-0.4, -0.2) is 12.6 Å². The van der Waals surface area contributed by atoms with Gasteiger partial charge in [-0.1, -0.05) is 0 Å². The summed E-state index contributed by atoms with van der Waals surface area (Å²) in [7, 11) is 0. The number of aryl methyl sites for hydroxylation is 1. The van der Waals surface area contributed by atoms with E-state index in [2.05, 4.69) is 0 Å². The Hall–Kier alpha value is -2.36. The van der Waals surface area contributed by atoms with Gasteiger partial charge in [-0.3, -0.25) is 0 Å². The first-order chi connectivity index (χ1) is 9.11. The van der Waals surface area contributed by atoms with Gasteiger partial charge in [0.1, 0.15) is 0 Å². The Morgan fingerprint density at radius 1 is 1.47 bits per heavy atom. The van der Waals surface area contributed by atoms with Gasteiger partial charge in [0, 0.05) is 23.1 Å². The van der Waals surface area contributed by atoms with Crippen LogP contribution < -0.4 is 4.73 Å². The number of carbonyl (C=O) groups excluding carboxylic acids is 1. The molecular weight excluding hydrogens is 242 g/mol. The van der Waals surface area contributed by atoms with Gasteiger partial charge in [-0.15, -0.1) is 0 Å². The SMILES string of the molecule is CCOC(=O)/C=C/c1cc(C)cc2ccc[n+]([O-])c12. The van der Waals surface area contributed by atoms with Crippen LogP contribution >= 0.6 is 0 Å². The number of hydrogen-bond donors (Lipinski definition) is 0. The van der Waals surface area contributed by atoms with Gasteiger partial charge in [0.15, 0.2) is 6.20 Å². The lowest BCUT2D eigenvalue weighted by Crippen LogP contribution is -2.26. The second-order valence-electron chi connectivity index (χ2n) is 4.21. The summed E-state index contributed by atoms with van der Waals surface area (Å²) >= 11 is 0. The number of carbonyl (C=O) groups is 1. The molecule has 4 heteroatoms. The van der Waals surface area contributed by atoms with Gasteiger partial charge in [-0.2, -0.15) is 4.73 Å². The van der Waals surface area contributed by atoms with Crippen molar-refractivity contribution in [2.24, 2.45) is 0 Å². The molecule has 0 atom stereocenters. The molecular formula is C15H15NO3. The van der Waals surface area contributed by atoms with E-state index in [9.17, 15) is 10.0 Å². The molecule has 0 saturated heterocycles. The van der Waals surface area contributed by atoms with Crippen molar-refractivity contribution in [3.63, 3.8) is 0 Å². The van der Waals surface area contributed by atoms with Crippen molar-refractivity contribution in [1.29, 1.82) is 0 Å². The van der Waals surface area contributed by atoms with Gasteiger partial charge in [-0.05, 0) is 43.7 Å². The van der Waals surface area contributed by atoms with Crippen LogP contribution in [0.5, 0.6) is 0 Å². The van der Waals surface area contributed by atoms with E-state index >= 15 is 0 Å². The summed E-state index contributed by atoms with van der Waals surface area (Å²) < 4.78 is 5.63. The minimum Gasteiger partial charge on any atom is -0.618 e. The van der Waals surface area contributed by atoms with Crippen molar-refractivity contribution in [2.45, 2.75) is 13.8 Å². The number of benzene rings is 1. The van der Waals surface area contributed by atoms with Crippen LogP contribution in [-0.2, 0) is 9.53 Å². The van der Waals surface area contributed by atoms with Gasteiger partial charge >= 0.3 is 5.97 Å². The zero-order valence-electron chi connectivity index (χ0n) is 10.9. The highest BCUT2D eigenvalue weighted by Gasteiger charge is 2.09. The molecule has 0 radical (unpaired) electrons. The summed E-state index contributed by atoms with van der Waals surface area (Å²) in [6.45, 7) is 4.03. The molecule has 98 valence electrons. The molecule has 0 aliphatic rings. The van der Waals surface area contributed by atoms with Gasteiger partial charge < -0.3 is 9.94 Å². The highest BCUT2D eigenvalue weighted by Crippen LogP contribution is 2.18. The Labute approximate surface area is 111 Å². The molecule has 0 aliphatic carbocycles. The molecule has 1 aromatic heterocycles. The number of esters is 1. The molecule has 0 aliphatic heterocycles. The monoisotopic (exact) mass is 257 g/mol. The zero-order valence-corrected chi connectivity index (χ0v) is 10.9. The molecule has 2 aromatic rings. The Morgan fingerprint density at radius 3 is 3.00 bits per heavy atom. The quantitative estimate of drug-likeness (QED) is 0.367. The van der Waals surface area contributed by atoms with E-state index in [1.54, 1.807) is 19.1 Å². The molecule has 1 heterocycles. The number of ether oxygens (including phenoxy) is 1. The molecule has 4 nitrogen and oxygen atoms in total. The van der Waals surface area contributed by atoms with Crippen molar-refractivity contribution < 1.29 is 14.3 Å². The van der Waals surface area contributed by atoms with E-state index < -0.39 is 5.97 Å². The topological polar surface area (TPSA) is 53.2 Å². The predicted octanol–water partition coefficient (Wildman–Crippen LogP) is 2.36. The fourth-order valence-corrected chi connectivity index (χ4v) is 1.99. The zero-order chi connectivity index (χ0) is 13.8. The van der Waals surface area contributed by atoms with Crippen LogP contribution in [0, 0.1) is 12.1 Å². The summed E-state index contributed by atoms with van der Waals surface area (Å²) in [5.41, 5.74) is 2.29. The van der Waals surface area contributed by atoms with Crippen LogP contribution in [0.3, 0.4) is 0 Å². The molecule has 0 fully saturated rings. The maximum atomic E-state index is 11.8. The van der Waals surface area contributed by atoms with E-state index in [-0.39, 0.29) is 0 Å². The molecule has 0 amide bonds. The van der Waals surface area contributed by atoms with Gasteiger partial charge in [0.2, 0.25) is 5.52 Å². The van der Waals surface area contributed by atoms with E-state index in [0.717, 1.165) is 15.7 Å². The van der Waals surface area contributed by atoms with Crippen molar-refractivity contribution in [1.82, 2.24) is 0 Å². The fourth-order valence-electron chi connectivity index (χ4n) is 1.99. The number of hydrogen-bond acceptors (Lipinski definition) is 3. The largest absolute Gasteiger partial charge is 0.618 e. The maximum Gasteiger partial charge on any atom is 0.330 e. The molecule has 0 unspecified atom stereocenters. The molecule has 0 N–H and O–H groups in total. The molecule has 0 spiro atoms. The predicted molar refractivity (Wildman–Crippen MR) is 73.3 cm³/mol. The molecule has 0 saturated carbocycles. The van der Waals surface area contributed by atoms with Gasteiger partial charge in [0.25, 0.3) is 0 Å². The first kappa shape index (κ1) is 13.1. The minimum atomic E-state index is -0.412. The Morgan fingerprint density at radius 2 is 2.26 bits per heavy atom. The smallest absolute Gasteiger partial charge is 0.330 e. The summed E-state index contributed by atoms with van der Waals surface area (Å²) in [5.74, 6) is -0.412. The second kappa shape index (κ2) is 5.52. The van der Waals surface area contributed by atoms with E-state index in [0.29, 0.717) is 17.7 Å². The first-order valence-electron chi connectivity index (χ1n) is 6.09. The van der Waals surface area contributed by atoms with Crippen LogP contribution in [0.4, 0.5) is 0 Å². The summed E-state index contributed by atoms with van der Waals surface area (Å²) in [6.07, 6.45) is 4.39. The number of rotatable bonds is 3. The highest BCUT2D eigenvalue weighted by atomic mass is 16.5. The van der Waals surface area contributed by atoms with Gasteiger partial charge in [0.05, 0.1) is 6.61 Å². The van der Waals surface area contributed by atoms with Crippen molar-refractivity contribution in [3.05, 3.63) is 52.9 Å². The van der Waals surface area contributed by atoms with E-state index in [1.807, 2.05) is 25.1 Å². The lowest BCUT2D eigenvalue weighted by atomic mass is 10.1. The number of nitrogens with zero attached hydrogens (tertiary/aromatic N) is 1. The van der Waals surface area contributed by atoms with Crippen LogP contribution in [0.25, 0.3) is 17.0 Å². The first-order valence-corrected chi connectivity index (χ1v) is 6.09. The van der Waals surface area contributed by atoms with Crippen LogP contribution in [0.1, 0.15) is 18.1 Å². The summed E-state index contributed by atoms with van der Waals surface area (Å²) in [5, 5.41) is 12.7. The highest BCUT2D eigenvalue weighted by molar-refractivity contribution is 5.92. The second-order valence-corrected chi connectivity index (χ2v) is 4.21. The molecule has 19 heavy (non-hydrogen) atoms. The number of pyridine rings is 1. The molecule has 0 bridgehead atoms. The number of fused-ring (bicyclic) bond motifs is 1. The Balaban J connectivity index is 2.50. The maximum absolute atomic E-state index is 11.8. The Bertz CT molecular complexity index is 647. The van der Waals surface area contributed by atoms with Crippen molar-refractivity contribution in [2.75, 3.05) is 6.61 Å².